The van der Waals surface area contributed by atoms with Crippen molar-refractivity contribution in [2.45, 2.75) is 32.9 Å². The Morgan fingerprint density at radius 1 is 1.28 bits per heavy atom. The van der Waals surface area contributed by atoms with E-state index in [0.717, 1.165) is 24.2 Å². The molecule has 18 heavy (non-hydrogen) atoms. The quantitative estimate of drug-likeness (QED) is 0.921. The van der Waals surface area contributed by atoms with Crippen LogP contribution in [0.1, 0.15) is 36.7 Å². The molecular formula is C14H18ClN3. The monoisotopic (exact) mass is 263 g/mol. The molecule has 0 spiro atoms. The van der Waals surface area contributed by atoms with Crippen LogP contribution in [0, 0.1) is 0 Å². The molecule has 2 N–H and O–H groups in total. The van der Waals surface area contributed by atoms with Crippen molar-refractivity contribution >= 4 is 11.6 Å². The molecule has 0 fully saturated rings. The highest BCUT2D eigenvalue weighted by molar-refractivity contribution is 6.31. The highest BCUT2D eigenvalue weighted by Gasteiger charge is 2.17. The zero-order chi connectivity index (χ0) is 13.1. The molecule has 0 aliphatic heterocycles. The third kappa shape index (κ3) is 2.42. The summed E-state index contributed by atoms with van der Waals surface area (Å²) in [7, 11) is 0. The number of aromatic nitrogens is 2. The predicted molar refractivity (Wildman–Crippen MR) is 74.8 cm³/mol. The zero-order valence-electron chi connectivity index (χ0n) is 10.7. The third-order valence-electron chi connectivity index (χ3n) is 3.17. The second-order valence-electron chi connectivity index (χ2n) is 4.27. The van der Waals surface area contributed by atoms with E-state index in [2.05, 4.69) is 36.3 Å². The lowest BCUT2D eigenvalue weighted by Crippen LogP contribution is -2.17. The van der Waals surface area contributed by atoms with Gasteiger partial charge in [0.15, 0.2) is 0 Å². The lowest BCUT2D eigenvalue weighted by Gasteiger charge is -2.15. The standard InChI is InChI=1S/C14H18ClN3/c1-3-10-5-7-11(8-6-10)13(16)14-12(15)9-17-18(14)4-2/h5-9,13H,3-4,16H2,1-2H3. The van der Waals surface area contributed by atoms with Crippen molar-refractivity contribution in [2.24, 2.45) is 5.73 Å². The molecule has 4 heteroatoms. The van der Waals surface area contributed by atoms with Crippen molar-refractivity contribution in [3.8, 4) is 0 Å². The van der Waals surface area contributed by atoms with Gasteiger partial charge in [0.05, 0.1) is 23.0 Å². The molecule has 0 aliphatic rings. The molecule has 1 heterocycles. The van der Waals surface area contributed by atoms with Gasteiger partial charge in [0.1, 0.15) is 0 Å². The average Bonchev–Trinajstić information content (AvgIpc) is 2.79. The van der Waals surface area contributed by atoms with Crippen molar-refractivity contribution in [1.82, 2.24) is 9.78 Å². The fraction of sp³-hybridized carbons (Fsp3) is 0.357. The summed E-state index contributed by atoms with van der Waals surface area (Å²) in [5.74, 6) is 0. The minimum Gasteiger partial charge on any atom is -0.319 e. The van der Waals surface area contributed by atoms with Crippen LogP contribution in [0.4, 0.5) is 0 Å². The highest BCUT2D eigenvalue weighted by Crippen LogP contribution is 2.26. The second kappa shape index (κ2) is 5.55. The van der Waals surface area contributed by atoms with Gasteiger partial charge in [0, 0.05) is 6.54 Å². The summed E-state index contributed by atoms with van der Waals surface area (Å²) in [5.41, 5.74) is 9.53. The molecule has 1 unspecified atom stereocenters. The number of nitrogens with two attached hydrogens (primary N) is 1. The Morgan fingerprint density at radius 3 is 2.50 bits per heavy atom. The first-order chi connectivity index (χ1) is 8.67. The first-order valence-corrected chi connectivity index (χ1v) is 6.60. The topological polar surface area (TPSA) is 43.8 Å². The average molecular weight is 264 g/mol. The van der Waals surface area contributed by atoms with E-state index in [0.29, 0.717) is 5.02 Å². The Morgan fingerprint density at radius 2 is 1.94 bits per heavy atom. The Labute approximate surface area is 113 Å². The number of benzene rings is 1. The molecule has 2 rings (SSSR count). The summed E-state index contributed by atoms with van der Waals surface area (Å²) in [6.45, 7) is 4.93. The Bertz CT molecular complexity index is 516. The third-order valence-corrected chi connectivity index (χ3v) is 3.47. The van der Waals surface area contributed by atoms with E-state index in [1.807, 2.05) is 11.6 Å². The highest BCUT2D eigenvalue weighted by atomic mass is 35.5. The number of nitrogens with zero attached hydrogens (tertiary/aromatic N) is 2. The molecule has 1 aromatic heterocycles. The molecule has 3 nitrogen and oxygen atoms in total. The van der Waals surface area contributed by atoms with Crippen molar-refractivity contribution in [3.05, 3.63) is 52.3 Å². The molecule has 0 saturated carbocycles. The minimum absolute atomic E-state index is 0.231. The lowest BCUT2D eigenvalue weighted by atomic mass is 10.0. The SMILES string of the molecule is CCc1ccc(C(N)c2c(Cl)cnn2CC)cc1. The first-order valence-electron chi connectivity index (χ1n) is 6.23. The number of aryl methyl sites for hydroxylation is 2. The minimum atomic E-state index is -0.231. The van der Waals surface area contributed by atoms with Crippen LogP contribution in [0.3, 0.4) is 0 Å². The van der Waals surface area contributed by atoms with Crippen LogP contribution in [-0.2, 0) is 13.0 Å². The normalized spacial score (nSPS) is 12.7. The van der Waals surface area contributed by atoms with E-state index < -0.39 is 0 Å². The van der Waals surface area contributed by atoms with Gasteiger partial charge in [-0.05, 0) is 24.5 Å². The fourth-order valence-corrected chi connectivity index (χ4v) is 2.31. The van der Waals surface area contributed by atoms with Crippen molar-refractivity contribution in [3.63, 3.8) is 0 Å². The summed E-state index contributed by atoms with van der Waals surface area (Å²) in [5, 5.41) is 4.85. The van der Waals surface area contributed by atoms with Crippen LogP contribution >= 0.6 is 11.6 Å². The molecule has 0 amide bonds. The van der Waals surface area contributed by atoms with E-state index in [-0.39, 0.29) is 6.04 Å². The summed E-state index contributed by atoms with van der Waals surface area (Å²) < 4.78 is 1.85. The Hall–Kier alpha value is -1.32. The largest absolute Gasteiger partial charge is 0.319 e. The van der Waals surface area contributed by atoms with E-state index in [9.17, 15) is 0 Å². The smallest absolute Gasteiger partial charge is 0.0837 e. The van der Waals surface area contributed by atoms with Crippen LogP contribution in [0.5, 0.6) is 0 Å². The van der Waals surface area contributed by atoms with Crippen LogP contribution < -0.4 is 5.73 Å². The van der Waals surface area contributed by atoms with E-state index in [4.69, 9.17) is 17.3 Å². The molecule has 1 atom stereocenters. The lowest BCUT2D eigenvalue weighted by molar-refractivity contribution is 0.601. The van der Waals surface area contributed by atoms with Gasteiger partial charge in [-0.2, -0.15) is 5.10 Å². The molecule has 2 aromatic rings. The van der Waals surface area contributed by atoms with Crippen molar-refractivity contribution < 1.29 is 0 Å². The zero-order valence-corrected chi connectivity index (χ0v) is 11.5. The Balaban J connectivity index is 2.34. The van der Waals surface area contributed by atoms with E-state index in [1.54, 1.807) is 6.20 Å². The van der Waals surface area contributed by atoms with Crippen molar-refractivity contribution in [1.29, 1.82) is 0 Å². The number of halogens is 1. The van der Waals surface area contributed by atoms with Gasteiger partial charge in [-0.25, -0.2) is 0 Å². The fourth-order valence-electron chi connectivity index (χ4n) is 2.05. The maximum atomic E-state index is 6.28. The summed E-state index contributed by atoms with van der Waals surface area (Å²) in [4.78, 5) is 0. The molecular weight excluding hydrogens is 246 g/mol. The maximum Gasteiger partial charge on any atom is 0.0837 e. The molecule has 0 radical (unpaired) electrons. The second-order valence-corrected chi connectivity index (χ2v) is 4.67. The Kier molecular flexibility index (Phi) is 4.04. The van der Waals surface area contributed by atoms with Crippen LogP contribution in [0.2, 0.25) is 5.02 Å². The summed E-state index contributed by atoms with van der Waals surface area (Å²) in [6.07, 6.45) is 2.68. The first kappa shape index (κ1) is 13.1. The van der Waals surface area contributed by atoms with Crippen LogP contribution in [-0.4, -0.2) is 9.78 Å². The summed E-state index contributed by atoms with van der Waals surface area (Å²) >= 11 is 6.16. The maximum absolute atomic E-state index is 6.28. The van der Waals surface area contributed by atoms with Gasteiger partial charge in [0.2, 0.25) is 0 Å². The van der Waals surface area contributed by atoms with Crippen LogP contribution in [0.25, 0.3) is 0 Å². The number of hydrogen-bond donors (Lipinski definition) is 1. The van der Waals surface area contributed by atoms with Crippen LogP contribution in [0.15, 0.2) is 30.5 Å². The molecule has 0 bridgehead atoms. The van der Waals surface area contributed by atoms with Gasteiger partial charge in [0.25, 0.3) is 0 Å². The number of rotatable bonds is 4. The molecule has 0 aliphatic carbocycles. The molecule has 1 aromatic carbocycles. The molecule has 96 valence electrons. The predicted octanol–water partition coefficient (Wildman–Crippen LogP) is 3.17. The van der Waals surface area contributed by atoms with Crippen molar-refractivity contribution in [2.75, 3.05) is 0 Å². The molecule has 0 saturated heterocycles. The van der Waals surface area contributed by atoms with Gasteiger partial charge in [-0.1, -0.05) is 42.8 Å². The van der Waals surface area contributed by atoms with Gasteiger partial charge in [-0.15, -0.1) is 0 Å². The van der Waals surface area contributed by atoms with E-state index >= 15 is 0 Å². The van der Waals surface area contributed by atoms with Gasteiger partial charge in [-0.3, -0.25) is 4.68 Å². The van der Waals surface area contributed by atoms with Gasteiger partial charge < -0.3 is 5.73 Å². The van der Waals surface area contributed by atoms with Gasteiger partial charge >= 0.3 is 0 Å². The summed E-state index contributed by atoms with van der Waals surface area (Å²) in [6, 6.07) is 8.11. The van der Waals surface area contributed by atoms with E-state index in [1.165, 1.54) is 5.56 Å². The number of hydrogen-bond acceptors (Lipinski definition) is 2.